The number of nitrogens with zero attached hydrogens (tertiary/aromatic N) is 2. The summed E-state index contributed by atoms with van der Waals surface area (Å²) in [6.45, 7) is 3.21. The minimum Gasteiger partial charge on any atom is -0.271 e. The fourth-order valence-electron chi connectivity index (χ4n) is 3.05. The van der Waals surface area contributed by atoms with Gasteiger partial charge in [-0.15, -0.1) is 0 Å². The third kappa shape index (κ3) is 5.55. The first-order chi connectivity index (χ1) is 14.8. The normalized spacial score (nSPS) is 11.5. The number of sulfonamides is 1. The fraction of sp³-hybridized carbons (Fsp3) is 0.130. The Kier molecular flexibility index (Phi) is 6.81. The van der Waals surface area contributed by atoms with E-state index in [9.17, 15) is 17.6 Å². The van der Waals surface area contributed by atoms with Crippen LogP contribution in [0.3, 0.4) is 0 Å². The van der Waals surface area contributed by atoms with Crippen LogP contribution < -0.4 is 9.73 Å². The first-order valence-corrected chi connectivity index (χ1v) is 10.9. The van der Waals surface area contributed by atoms with Crippen molar-refractivity contribution in [1.82, 2.24) is 5.43 Å². The van der Waals surface area contributed by atoms with E-state index in [-0.39, 0.29) is 10.5 Å². The van der Waals surface area contributed by atoms with Gasteiger partial charge in [0, 0.05) is 5.56 Å². The molecule has 0 spiro atoms. The van der Waals surface area contributed by atoms with E-state index in [0.717, 1.165) is 15.4 Å². The highest BCUT2D eigenvalue weighted by Crippen LogP contribution is 2.25. The van der Waals surface area contributed by atoms with Gasteiger partial charge in [-0.3, -0.25) is 9.10 Å². The zero-order valence-corrected chi connectivity index (χ0v) is 17.9. The lowest BCUT2D eigenvalue weighted by Crippen LogP contribution is -2.39. The number of halogens is 1. The number of benzene rings is 3. The molecule has 0 saturated heterocycles. The smallest absolute Gasteiger partial charge is 0.264 e. The Labute approximate surface area is 181 Å². The molecule has 0 unspecified atom stereocenters. The summed E-state index contributed by atoms with van der Waals surface area (Å²) in [6, 6.07) is 19.2. The highest BCUT2D eigenvalue weighted by Gasteiger charge is 2.27. The Hall–Kier alpha value is -3.52. The van der Waals surface area contributed by atoms with Crippen LogP contribution in [-0.4, -0.2) is 27.1 Å². The second-order valence-electron chi connectivity index (χ2n) is 6.99. The Balaban J connectivity index is 1.88. The number of hydrogen-bond acceptors (Lipinski definition) is 4. The quantitative estimate of drug-likeness (QED) is 0.449. The van der Waals surface area contributed by atoms with Crippen molar-refractivity contribution in [3.63, 3.8) is 0 Å². The van der Waals surface area contributed by atoms with Gasteiger partial charge < -0.3 is 0 Å². The molecular formula is C23H22FN3O3S. The number of nitrogens with one attached hydrogen (secondary N) is 1. The van der Waals surface area contributed by atoms with Gasteiger partial charge >= 0.3 is 0 Å². The molecule has 0 saturated carbocycles. The van der Waals surface area contributed by atoms with Crippen LogP contribution in [0.15, 0.2) is 82.8 Å². The number of anilines is 1. The SMILES string of the molecule is Cc1cc(C)cc(N(CC(=O)N/N=C\c2ccccc2F)S(=O)(=O)c2ccccc2)c1. The van der Waals surface area contributed by atoms with Crippen molar-refractivity contribution in [3.8, 4) is 0 Å². The van der Waals surface area contributed by atoms with Crippen LogP contribution in [0.1, 0.15) is 16.7 Å². The fourth-order valence-corrected chi connectivity index (χ4v) is 4.47. The maximum absolute atomic E-state index is 13.7. The molecule has 0 aromatic heterocycles. The Morgan fingerprint density at radius 1 is 1.00 bits per heavy atom. The topological polar surface area (TPSA) is 78.8 Å². The zero-order valence-electron chi connectivity index (χ0n) is 17.1. The van der Waals surface area contributed by atoms with Crippen LogP contribution in [0.4, 0.5) is 10.1 Å². The van der Waals surface area contributed by atoms with E-state index in [1.54, 1.807) is 42.5 Å². The van der Waals surface area contributed by atoms with E-state index in [0.29, 0.717) is 5.69 Å². The third-order valence-electron chi connectivity index (χ3n) is 4.41. The summed E-state index contributed by atoms with van der Waals surface area (Å²) in [4.78, 5) is 12.6. The Morgan fingerprint density at radius 2 is 1.61 bits per heavy atom. The van der Waals surface area contributed by atoms with Gasteiger partial charge in [0.25, 0.3) is 15.9 Å². The molecule has 3 aromatic carbocycles. The summed E-state index contributed by atoms with van der Waals surface area (Å²) in [7, 11) is -4.01. The molecule has 0 atom stereocenters. The predicted molar refractivity (Wildman–Crippen MR) is 119 cm³/mol. The maximum Gasteiger partial charge on any atom is 0.264 e. The van der Waals surface area contributed by atoms with E-state index in [4.69, 9.17) is 0 Å². The van der Waals surface area contributed by atoms with Crippen molar-refractivity contribution >= 4 is 27.8 Å². The average molecular weight is 440 g/mol. The summed E-state index contributed by atoms with van der Waals surface area (Å²) in [6.07, 6.45) is 1.17. The van der Waals surface area contributed by atoms with E-state index in [1.165, 1.54) is 30.5 Å². The van der Waals surface area contributed by atoms with E-state index in [1.807, 2.05) is 19.9 Å². The van der Waals surface area contributed by atoms with Crippen molar-refractivity contribution in [1.29, 1.82) is 0 Å². The zero-order chi connectivity index (χ0) is 22.4. The second-order valence-corrected chi connectivity index (χ2v) is 8.85. The van der Waals surface area contributed by atoms with Crippen LogP contribution in [0.25, 0.3) is 0 Å². The average Bonchev–Trinajstić information content (AvgIpc) is 2.73. The van der Waals surface area contributed by atoms with Gasteiger partial charge in [-0.1, -0.05) is 42.5 Å². The number of carbonyl (C=O) groups is 1. The first-order valence-electron chi connectivity index (χ1n) is 9.50. The van der Waals surface area contributed by atoms with Crippen molar-refractivity contribution < 1.29 is 17.6 Å². The maximum atomic E-state index is 13.7. The standard InChI is InChI=1S/C23H22FN3O3S/c1-17-12-18(2)14-20(13-17)27(31(29,30)21-9-4-3-5-10-21)16-23(28)26-25-15-19-8-6-7-11-22(19)24/h3-15H,16H2,1-2H3,(H,26,28)/b25-15-. The molecular weight excluding hydrogens is 417 g/mol. The van der Waals surface area contributed by atoms with Crippen LogP contribution in [-0.2, 0) is 14.8 Å². The van der Waals surface area contributed by atoms with Crippen molar-refractivity contribution in [2.24, 2.45) is 5.10 Å². The Bertz CT molecular complexity index is 1190. The summed E-state index contributed by atoms with van der Waals surface area (Å²) >= 11 is 0. The number of rotatable bonds is 7. The van der Waals surface area contributed by atoms with E-state index >= 15 is 0 Å². The van der Waals surface area contributed by atoms with Gasteiger partial charge in [0.05, 0.1) is 16.8 Å². The molecule has 0 aliphatic heterocycles. The monoisotopic (exact) mass is 439 g/mol. The lowest BCUT2D eigenvalue weighted by Gasteiger charge is -2.24. The molecule has 31 heavy (non-hydrogen) atoms. The van der Waals surface area contributed by atoms with Crippen LogP contribution in [0.2, 0.25) is 0 Å². The van der Waals surface area contributed by atoms with E-state index in [2.05, 4.69) is 10.5 Å². The molecule has 1 amide bonds. The number of amides is 1. The van der Waals surface area contributed by atoms with Gasteiger partial charge in [0.15, 0.2) is 0 Å². The molecule has 0 aliphatic rings. The molecule has 3 aromatic rings. The molecule has 160 valence electrons. The van der Waals surface area contributed by atoms with Crippen molar-refractivity contribution in [2.75, 3.05) is 10.8 Å². The van der Waals surface area contributed by atoms with Gasteiger partial charge in [-0.2, -0.15) is 5.10 Å². The van der Waals surface area contributed by atoms with Gasteiger partial charge in [0.1, 0.15) is 12.4 Å². The minimum atomic E-state index is -4.01. The van der Waals surface area contributed by atoms with Crippen LogP contribution in [0, 0.1) is 19.7 Å². The summed E-state index contributed by atoms with van der Waals surface area (Å²) < 4.78 is 41.3. The largest absolute Gasteiger partial charge is 0.271 e. The number of carbonyl (C=O) groups excluding carboxylic acids is 1. The summed E-state index contributed by atoms with van der Waals surface area (Å²) in [5, 5.41) is 3.75. The lowest BCUT2D eigenvalue weighted by molar-refractivity contribution is -0.119. The summed E-state index contributed by atoms with van der Waals surface area (Å²) in [5.41, 5.74) is 4.56. The van der Waals surface area contributed by atoms with E-state index < -0.39 is 28.3 Å². The molecule has 3 rings (SSSR count). The summed E-state index contributed by atoms with van der Waals surface area (Å²) in [5.74, 6) is -1.14. The molecule has 6 nitrogen and oxygen atoms in total. The second kappa shape index (κ2) is 9.53. The first kappa shape index (κ1) is 22.2. The number of aryl methyl sites for hydroxylation is 2. The highest BCUT2D eigenvalue weighted by atomic mass is 32.2. The predicted octanol–water partition coefficient (Wildman–Crippen LogP) is 3.79. The molecule has 8 heteroatoms. The van der Waals surface area contributed by atoms with Crippen molar-refractivity contribution in [3.05, 3.63) is 95.3 Å². The lowest BCUT2D eigenvalue weighted by atomic mass is 10.1. The van der Waals surface area contributed by atoms with Crippen LogP contribution >= 0.6 is 0 Å². The van der Waals surface area contributed by atoms with Gasteiger partial charge in [0.2, 0.25) is 0 Å². The minimum absolute atomic E-state index is 0.0665. The van der Waals surface area contributed by atoms with Gasteiger partial charge in [-0.05, 0) is 55.3 Å². The Morgan fingerprint density at radius 3 is 2.26 bits per heavy atom. The highest BCUT2D eigenvalue weighted by molar-refractivity contribution is 7.92. The molecule has 0 bridgehead atoms. The molecule has 0 heterocycles. The van der Waals surface area contributed by atoms with Crippen molar-refractivity contribution in [2.45, 2.75) is 18.7 Å². The molecule has 0 aliphatic carbocycles. The molecule has 0 fully saturated rings. The number of hydrazone groups is 1. The third-order valence-corrected chi connectivity index (χ3v) is 6.20. The molecule has 0 radical (unpaired) electrons. The van der Waals surface area contributed by atoms with Gasteiger partial charge in [-0.25, -0.2) is 18.2 Å². The number of hydrogen-bond donors (Lipinski definition) is 1. The van der Waals surface area contributed by atoms with Crippen LogP contribution in [0.5, 0.6) is 0 Å². The molecule has 1 N–H and O–H groups in total.